The normalized spacial score (nSPS) is 12.4. The van der Waals surface area contributed by atoms with Gasteiger partial charge in [-0.05, 0) is 89.2 Å². The van der Waals surface area contributed by atoms with Crippen molar-refractivity contribution in [3.8, 4) is 0 Å². The van der Waals surface area contributed by atoms with Crippen LogP contribution in [0.3, 0.4) is 0 Å². The number of nitrogens with one attached hydrogen (secondary N) is 2. The van der Waals surface area contributed by atoms with E-state index in [9.17, 15) is 0 Å². The molecule has 2 N–H and O–H groups in total. The van der Waals surface area contributed by atoms with E-state index in [4.69, 9.17) is 8.23 Å². The lowest BCUT2D eigenvalue weighted by Gasteiger charge is -2.22. The third-order valence-electron chi connectivity index (χ3n) is 6.23. The Kier molecular flexibility index (Phi) is 17.0. The van der Waals surface area contributed by atoms with Crippen molar-refractivity contribution in [2.45, 2.75) is 91.1 Å². The van der Waals surface area contributed by atoms with E-state index in [1.807, 2.05) is 0 Å². The summed E-state index contributed by atoms with van der Waals surface area (Å²) in [4.78, 5) is 0. The van der Waals surface area contributed by atoms with Crippen LogP contribution in [-0.4, -0.2) is 49.3 Å². The van der Waals surface area contributed by atoms with E-state index in [2.05, 4.69) is 112 Å². The summed E-state index contributed by atoms with van der Waals surface area (Å²) in [7, 11) is -3.10. The Morgan fingerprint density at radius 1 is 0.611 bits per heavy atom. The molecule has 0 saturated carbocycles. The number of hydrogen-bond acceptors (Lipinski definition) is 4. The third kappa shape index (κ3) is 16.8. The van der Waals surface area contributed by atoms with Gasteiger partial charge in [0.15, 0.2) is 16.6 Å². The van der Waals surface area contributed by atoms with Gasteiger partial charge in [0.2, 0.25) is 0 Å². The smallest absolute Gasteiger partial charge is 0.173 e. The van der Waals surface area contributed by atoms with Gasteiger partial charge >= 0.3 is 0 Å². The van der Waals surface area contributed by atoms with Gasteiger partial charge in [-0.15, -0.1) is 0 Å². The van der Waals surface area contributed by atoms with Gasteiger partial charge in [-0.25, -0.2) is 0 Å². The first kappa shape index (κ1) is 33.2. The first-order chi connectivity index (χ1) is 17.1. The van der Waals surface area contributed by atoms with Gasteiger partial charge in [0.25, 0.3) is 0 Å². The molecule has 0 fully saturated rings. The SMILES string of the molecule is C[SiH2]O[Si](C)(C)CCCNCc1ccc(C)cc1.C[SiH2]O[Si](C)(C)CCCNCc1ccc(C)cc1. The van der Waals surface area contributed by atoms with Gasteiger partial charge in [0, 0.05) is 13.1 Å². The van der Waals surface area contributed by atoms with Gasteiger partial charge in [0.1, 0.15) is 19.5 Å². The van der Waals surface area contributed by atoms with E-state index in [1.165, 1.54) is 47.2 Å². The Morgan fingerprint density at radius 3 is 1.25 bits per heavy atom. The van der Waals surface area contributed by atoms with E-state index >= 15 is 0 Å². The molecule has 8 heteroatoms. The summed E-state index contributed by atoms with van der Waals surface area (Å²) in [6.07, 6.45) is 2.47. The lowest BCUT2D eigenvalue weighted by molar-refractivity contribution is 0.575. The molecule has 0 aromatic heterocycles. The van der Waals surface area contributed by atoms with Crippen molar-refractivity contribution in [1.82, 2.24) is 10.6 Å². The fourth-order valence-electron chi connectivity index (χ4n) is 4.08. The molecule has 4 nitrogen and oxygen atoms in total. The molecule has 0 saturated heterocycles. The van der Waals surface area contributed by atoms with Gasteiger partial charge in [-0.1, -0.05) is 72.8 Å². The predicted molar refractivity (Wildman–Crippen MR) is 171 cm³/mol. The number of hydrogen-bond donors (Lipinski definition) is 2. The quantitative estimate of drug-likeness (QED) is 0.205. The topological polar surface area (TPSA) is 42.5 Å². The van der Waals surface area contributed by atoms with Crippen LogP contribution in [0.15, 0.2) is 48.5 Å². The molecule has 0 heterocycles. The average molecular weight is 563 g/mol. The van der Waals surface area contributed by atoms with Crippen molar-refractivity contribution in [2.24, 2.45) is 0 Å². The Bertz CT molecular complexity index is 746. The van der Waals surface area contributed by atoms with Gasteiger partial charge in [-0.3, -0.25) is 0 Å². The molecule has 0 aliphatic carbocycles. The summed E-state index contributed by atoms with van der Waals surface area (Å²) >= 11 is 0. The lowest BCUT2D eigenvalue weighted by atomic mass is 10.1. The summed E-state index contributed by atoms with van der Waals surface area (Å²) in [5, 5.41) is 7.03. The zero-order chi connectivity index (χ0) is 26.9. The zero-order valence-corrected chi connectivity index (χ0v) is 29.3. The Hall–Kier alpha value is -0.852. The summed E-state index contributed by atoms with van der Waals surface area (Å²) in [6.45, 7) is 22.2. The summed E-state index contributed by atoms with van der Waals surface area (Å²) in [6, 6.07) is 20.0. The van der Waals surface area contributed by atoms with Crippen LogP contribution in [0.1, 0.15) is 35.1 Å². The molecule has 2 aromatic rings. The van der Waals surface area contributed by atoms with E-state index in [0.29, 0.717) is 0 Å². The maximum Gasteiger partial charge on any atom is 0.173 e. The molecule has 2 aromatic carbocycles. The fraction of sp³-hybridized carbons (Fsp3) is 0.571. The molecular formula is C28H54N2O2Si4. The molecular weight excluding hydrogens is 509 g/mol. The first-order valence-electron chi connectivity index (χ1n) is 13.9. The average Bonchev–Trinajstić information content (AvgIpc) is 2.81. The second-order valence-electron chi connectivity index (χ2n) is 10.9. The monoisotopic (exact) mass is 562 g/mol. The van der Waals surface area contributed by atoms with E-state index in [-0.39, 0.29) is 19.5 Å². The largest absolute Gasteiger partial charge is 0.461 e. The Labute approximate surface area is 229 Å². The first-order valence-corrected chi connectivity index (χ1v) is 24.1. The lowest BCUT2D eigenvalue weighted by Crippen LogP contribution is -2.32. The molecule has 0 aliphatic heterocycles. The van der Waals surface area contributed by atoms with Crippen LogP contribution in [0.2, 0.25) is 51.4 Å². The van der Waals surface area contributed by atoms with Crippen molar-refractivity contribution in [2.75, 3.05) is 13.1 Å². The van der Waals surface area contributed by atoms with Crippen LogP contribution < -0.4 is 10.6 Å². The maximum atomic E-state index is 5.96. The fourth-order valence-corrected chi connectivity index (χ4v) is 13.5. The van der Waals surface area contributed by atoms with Gasteiger partial charge in [0.05, 0.1) is 0 Å². The minimum absolute atomic E-state index is 0.234. The molecule has 0 bridgehead atoms. The number of aryl methyl sites for hydroxylation is 2. The van der Waals surface area contributed by atoms with Crippen molar-refractivity contribution in [1.29, 1.82) is 0 Å². The maximum absolute atomic E-state index is 5.96. The standard InChI is InChI=1S/2C14H27NOSi2/c2*1-13-6-8-14(9-7-13)12-15-10-5-11-18(3,4)16-17-2/h2*6-9,15H,5,10-12,17H2,1-4H3. The van der Waals surface area contributed by atoms with Crippen LogP contribution in [0, 0.1) is 13.8 Å². The highest BCUT2D eigenvalue weighted by Gasteiger charge is 2.20. The van der Waals surface area contributed by atoms with E-state index in [1.54, 1.807) is 0 Å². The zero-order valence-electron chi connectivity index (χ0n) is 24.5. The molecule has 0 amide bonds. The molecule has 0 radical (unpaired) electrons. The molecule has 36 heavy (non-hydrogen) atoms. The second kappa shape index (κ2) is 18.4. The summed E-state index contributed by atoms with van der Waals surface area (Å²) in [5.41, 5.74) is 5.39. The molecule has 0 unspecified atom stereocenters. The Balaban J connectivity index is 0.000000360. The second-order valence-corrected chi connectivity index (χ2v) is 22.4. The van der Waals surface area contributed by atoms with Gasteiger partial charge in [-0.2, -0.15) is 0 Å². The molecule has 0 spiro atoms. The molecule has 204 valence electrons. The third-order valence-corrected chi connectivity index (χ3v) is 17.9. The minimum atomic E-state index is -1.32. The van der Waals surface area contributed by atoms with Crippen LogP contribution in [-0.2, 0) is 21.3 Å². The van der Waals surface area contributed by atoms with Crippen LogP contribution in [0.5, 0.6) is 0 Å². The predicted octanol–water partition coefficient (Wildman–Crippen LogP) is 5.66. The minimum Gasteiger partial charge on any atom is -0.461 e. The molecule has 2 rings (SSSR count). The van der Waals surface area contributed by atoms with Crippen molar-refractivity contribution < 1.29 is 8.23 Å². The summed E-state index contributed by atoms with van der Waals surface area (Å²) in [5.74, 6) is 0. The van der Waals surface area contributed by atoms with Crippen molar-refractivity contribution in [3.05, 3.63) is 70.8 Å². The molecule has 0 atom stereocenters. The number of rotatable bonds is 16. The number of benzene rings is 2. The van der Waals surface area contributed by atoms with E-state index < -0.39 is 16.6 Å². The van der Waals surface area contributed by atoms with Crippen molar-refractivity contribution >= 4 is 36.2 Å². The highest BCUT2D eigenvalue weighted by Crippen LogP contribution is 2.13. The van der Waals surface area contributed by atoms with Crippen LogP contribution >= 0.6 is 0 Å². The molecule has 0 aliphatic rings. The van der Waals surface area contributed by atoms with Crippen LogP contribution in [0.4, 0.5) is 0 Å². The summed E-state index contributed by atoms with van der Waals surface area (Å²) < 4.78 is 11.9. The van der Waals surface area contributed by atoms with Gasteiger partial charge < -0.3 is 18.9 Å². The van der Waals surface area contributed by atoms with E-state index in [0.717, 1.165) is 26.2 Å². The highest BCUT2D eigenvalue weighted by atomic mass is 28.4. The highest BCUT2D eigenvalue weighted by molar-refractivity contribution is 6.75. The Morgan fingerprint density at radius 2 is 0.944 bits per heavy atom. The van der Waals surface area contributed by atoms with Crippen LogP contribution in [0.25, 0.3) is 0 Å². The van der Waals surface area contributed by atoms with Crippen molar-refractivity contribution in [3.63, 3.8) is 0 Å².